The normalized spacial score (nSPS) is 12.2. The number of amides is 2. The first-order chi connectivity index (χ1) is 9.81. The van der Waals surface area contributed by atoms with Gasteiger partial charge in [0, 0.05) is 18.7 Å². The van der Waals surface area contributed by atoms with E-state index in [0.717, 1.165) is 11.1 Å². The fourth-order valence-corrected chi connectivity index (χ4v) is 1.86. The highest BCUT2D eigenvalue weighted by atomic mass is 16.2. The van der Waals surface area contributed by atoms with Gasteiger partial charge in [-0.2, -0.15) is 0 Å². The van der Waals surface area contributed by atoms with Crippen LogP contribution in [0, 0.1) is 12.8 Å². The molecule has 1 unspecified atom stereocenters. The molecule has 0 aromatic heterocycles. The second kappa shape index (κ2) is 7.78. The standard InChI is InChI=1S/C16H25N3O2/c1-10(2)8-19-16(21)12(4)18-9-14-6-5-13(15(17)20)7-11(14)3/h5-7,10,12,18H,8-9H2,1-4H3,(H2,17,20)(H,19,21). The van der Waals surface area contributed by atoms with Gasteiger partial charge < -0.3 is 16.4 Å². The lowest BCUT2D eigenvalue weighted by Gasteiger charge is -2.16. The molecule has 2 amide bonds. The van der Waals surface area contributed by atoms with Gasteiger partial charge in [-0.05, 0) is 43.0 Å². The Morgan fingerprint density at radius 3 is 2.43 bits per heavy atom. The van der Waals surface area contributed by atoms with E-state index in [0.29, 0.717) is 24.6 Å². The van der Waals surface area contributed by atoms with E-state index in [1.807, 2.05) is 19.9 Å². The number of hydrogen-bond donors (Lipinski definition) is 3. The van der Waals surface area contributed by atoms with Crippen LogP contribution in [0.1, 0.15) is 42.3 Å². The lowest BCUT2D eigenvalue weighted by molar-refractivity contribution is -0.122. The molecule has 1 aromatic rings. The number of nitrogens with one attached hydrogen (secondary N) is 2. The molecule has 4 N–H and O–H groups in total. The molecule has 0 aliphatic rings. The lowest BCUT2D eigenvalue weighted by Crippen LogP contribution is -2.43. The molecule has 0 radical (unpaired) electrons. The minimum atomic E-state index is -0.431. The fourth-order valence-electron chi connectivity index (χ4n) is 1.86. The molecule has 5 nitrogen and oxygen atoms in total. The monoisotopic (exact) mass is 291 g/mol. The topological polar surface area (TPSA) is 84.2 Å². The number of nitrogens with two attached hydrogens (primary N) is 1. The highest BCUT2D eigenvalue weighted by Crippen LogP contribution is 2.11. The van der Waals surface area contributed by atoms with Crippen molar-refractivity contribution in [3.8, 4) is 0 Å². The Kier molecular flexibility index (Phi) is 6.37. The second-order valence-electron chi connectivity index (χ2n) is 5.75. The molecule has 0 spiro atoms. The maximum atomic E-state index is 11.9. The average molecular weight is 291 g/mol. The molecule has 0 heterocycles. The molecular weight excluding hydrogens is 266 g/mol. The second-order valence-corrected chi connectivity index (χ2v) is 5.75. The van der Waals surface area contributed by atoms with Crippen LogP contribution in [0.3, 0.4) is 0 Å². The number of benzene rings is 1. The van der Waals surface area contributed by atoms with Crippen molar-refractivity contribution in [3.63, 3.8) is 0 Å². The van der Waals surface area contributed by atoms with Gasteiger partial charge in [-0.1, -0.05) is 19.9 Å². The molecule has 0 saturated heterocycles. The maximum Gasteiger partial charge on any atom is 0.248 e. The van der Waals surface area contributed by atoms with Crippen LogP contribution in [0.25, 0.3) is 0 Å². The predicted molar refractivity (Wildman–Crippen MR) is 83.8 cm³/mol. The van der Waals surface area contributed by atoms with E-state index in [9.17, 15) is 9.59 Å². The molecular formula is C16H25N3O2. The van der Waals surface area contributed by atoms with Gasteiger partial charge in [0.1, 0.15) is 0 Å². The summed E-state index contributed by atoms with van der Waals surface area (Å²) < 4.78 is 0. The van der Waals surface area contributed by atoms with Crippen molar-refractivity contribution in [1.82, 2.24) is 10.6 Å². The first-order valence-corrected chi connectivity index (χ1v) is 7.21. The number of aryl methyl sites for hydroxylation is 1. The van der Waals surface area contributed by atoms with E-state index in [-0.39, 0.29) is 11.9 Å². The Morgan fingerprint density at radius 1 is 1.24 bits per heavy atom. The predicted octanol–water partition coefficient (Wildman–Crippen LogP) is 1.34. The number of carbonyl (C=O) groups excluding carboxylic acids is 2. The first-order valence-electron chi connectivity index (χ1n) is 7.21. The van der Waals surface area contributed by atoms with Crippen molar-refractivity contribution in [2.45, 2.75) is 40.3 Å². The first kappa shape index (κ1) is 17.2. The van der Waals surface area contributed by atoms with Gasteiger partial charge in [0.15, 0.2) is 0 Å². The number of rotatable bonds is 7. The molecule has 0 fully saturated rings. The highest BCUT2D eigenvalue weighted by molar-refractivity contribution is 5.93. The summed E-state index contributed by atoms with van der Waals surface area (Å²) in [5.41, 5.74) is 7.77. The van der Waals surface area contributed by atoms with Gasteiger partial charge in [-0.25, -0.2) is 0 Å². The summed E-state index contributed by atoms with van der Waals surface area (Å²) in [4.78, 5) is 23.0. The maximum absolute atomic E-state index is 11.9. The van der Waals surface area contributed by atoms with Crippen molar-refractivity contribution in [2.75, 3.05) is 6.54 Å². The van der Waals surface area contributed by atoms with Crippen LogP contribution in [-0.4, -0.2) is 24.4 Å². The summed E-state index contributed by atoms with van der Waals surface area (Å²) in [7, 11) is 0. The third-order valence-corrected chi connectivity index (χ3v) is 3.30. The molecule has 5 heteroatoms. The molecule has 116 valence electrons. The quantitative estimate of drug-likeness (QED) is 0.709. The van der Waals surface area contributed by atoms with Crippen molar-refractivity contribution in [2.24, 2.45) is 11.7 Å². The summed E-state index contributed by atoms with van der Waals surface area (Å²) >= 11 is 0. The van der Waals surface area contributed by atoms with E-state index < -0.39 is 5.91 Å². The largest absolute Gasteiger partial charge is 0.366 e. The van der Waals surface area contributed by atoms with Gasteiger partial charge in [-0.15, -0.1) is 0 Å². The molecule has 0 aliphatic heterocycles. The van der Waals surface area contributed by atoms with Crippen LogP contribution in [0.2, 0.25) is 0 Å². The third-order valence-electron chi connectivity index (χ3n) is 3.30. The van der Waals surface area contributed by atoms with E-state index in [1.54, 1.807) is 12.1 Å². The number of carbonyl (C=O) groups is 2. The Balaban J connectivity index is 2.55. The van der Waals surface area contributed by atoms with Crippen molar-refractivity contribution >= 4 is 11.8 Å². The molecule has 21 heavy (non-hydrogen) atoms. The smallest absolute Gasteiger partial charge is 0.248 e. The summed E-state index contributed by atoms with van der Waals surface area (Å²) in [6.07, 6.45) is 0. The molecule has 0 aliphatic carbocycles. The van der Waals surface area contributed by atoms with Gasteiger partial charge >= 0.3 is 0 Å². The highest BCUT2D eigenvalue weighted by Gasteiger charge is 2.12. The summed E-state index contributed by atoms with van der Waals surface area (Å²) in [5, 5.41) is 6.08. The van der Waals surface area contributed by atoms with E-state index in [1.165, 1.54) is 0 Å². The Bertz CT molecular complexity index is 512. The molecule has 0 saturated carbocycles. The molecule has 1 aromatic carbocycles. The lowest BCUT2D eigenvalue weighted by atomic mass is 10.0. The van der Waals surface area contributed by atoms with Crippen LogP contribution in [-0.2, 0) is 11.3 Å². The fraction of sp³-hybridized carbons (Fsp3) is 0.500. The van der Waals surface area contributed by atoms with Crippen molar-refractivity contribution < 1.29 is 9.59 Å². The van der Waals surface area contributed by atoms with Crippen LogP contribution in [0.5, 0.6) is 0 Å². The van der Waals surface area contributed by atoms with Gasteiger partial charge in [-0.3, -0.25) is 9.59 Å². The van der Waals surface area contributed by atoms with Crippen LogP contribution in [0.4, 0.5) is 0 Å². The molecule has 0 bridgehead atoms. The summed E-state index contributed by atoms with van der Waals surface area (Å²) in [5.74, 6) is -0.00103. The minimum absolute atomic E-state index is 0.00453. The van der Waals surface area contributed by atoms with E-state index in [4.69, 9.17) is 5.73 Å². The zero-order valence-corrected chi connectivity index (χ0v) is 13.2. The van der Waals surface area contributed by atoms with Crippen LogP contribution in [0.15, 0.2) is 18.2 Å². The Labute approximate surface area is 126 Å². The van der Waals surface area contributed by atoms with E-state index in [2.05, 4.69) is 24.5 Å². The minimum Gasteiger partial charge on any atom is -0.366 e. The summed E-state index contributed by atoms with van der Waals surface area (Å²) in [6.45, 7) is 9.12. The zero-order chi connectivity index (χ0) is 16.0. The van der Waals surface area contributed by atoms with Gasteiger partial charge in [0.2, 0.25) is 11.8 Å². The SMILES string of the molecule is Cc1cc(C(N)=O)ccc1CNC(C)C(=O)NCC(C)C. The Morgan fingerprint density at radius 2 is 1.90 bits per heavy atom. The molecule has 1 atom stereocenters. The zero-order valence-electron chi connectivity index (χ0n) is 13.2. The van der Waals surface area contributed by atoms with Gasteiger partial charge in [0.25, 0.3) is 0 Å². The number of primary amides is 1. The van der Waals surface area contributed by atoms with Crippen LogP contribution >= 0.6 is 0 Å². The number of hydrogen-bond acceptors (Lipinski definition) is 3. The Hall–Kier alpha value is -1.88. The third kappa shape index (κ3) is 5.55. The van der Waals surface area contributed by atoms with Crippen molar-refractivity contribution in [1.29, 1.82) is 0 Å². The summed E-state index contributed by atoms with van der Waals surface area (Å²) in [6, 6.07) is 5.07. The van der Waals surface area contributed by atoms with Crippen molar-refractivity contribution in [3.05, 3.63) is 34.9 Å². The van der Waals surface area contributed by atoms with E-state index >= 15 is 0 Å². The van der Waals surface area contributed by atoms with Gasteiger partial charge in [0.05, 0.1) is 6.04 Å². The molecule has 1 rings (SSSR count). The van der Waals surface area contributed by atoms with Crippen LogP contribution < -0.4 is 16.4 Å². The average Bonchev–Trinajstić information content (AvgIpc) is 2.42.